The number of carbonyl (C=O) groups excluding carboxylic acids is 2. The summed E-state index contributed by atoms with van der Waals surface area (Å²) in [7, 11) is 0. The molecule has 0 unspecified atom stereocenters. The van der Waals surface area contributed by atoms with Gasteiger partial charge in [-0.2, -0.15) is 0 Å². The molecular weight excluding hydrogens is 334 g/mol. The monoisotopic (exact) mass is 355 g/mol. The van der Waals surface area contributed by atoms with E-state index in [9.17, 15) is 9.59 Å². The SMILES string of the molecule is C=CC(=O)N1CCN(C(=O)c2cnc(-c3ccccc3)s2)C[C@@H]1CC. The largest absolute Gasteiger partial charge is 0.334 e. The van der Waals surface area contributed by atoms with E-state index in [4.69, 9.17) is 0 Å². The van der Waals surface area contributed by atoms with Crippen LogP contribution in [0.5, 0.6) is 0 Å². The van der Waals surface area contributed by atoms with Crippen molar-refractivity contribution in [3.05, 3.63) is 54.1 Å². The molecule has 0 bridgehead atoms. The van der Waals surface area contributed by atoms with Gasteiger partial charge in [-0.15, -0.1) is 11.3 Å². The predicted octanol–water partition coefficient (Wildman–Crippen LogP) is 3.06. The summed E-state index contributed by atoms with van der Waals surface area (Å²) in [5.74, 6) is -0.0769. The van der Waals surface area contributed by atoms with Gasteiger partial charge in [0, 0.05) is 31.2 Å². The van der Waals surface area contributed by atoms with Crippen LogP contribution in [0.3, 0.4) is 0 Å². The Kier molecular flexibility index (Phi) is 5.28. The molecule has 1 aromatic carbocycles. The van der Waals surface area contributed by atoms with E-state index in [0.717, 1.165) is 17.0 Å². The molecule has 6 heteroatoms. The predicted molar refractivity (Wildman–Crippen MR) is 99.4 cm³/mol. The first-order valence-electron chi connectivity index (χ1n) is 8.37. The molecule has 0 N–H and O–H groups in total. The summed E-state index contributed by atoms with van der Waals surface area (Å²) >= 11 is 1.41. The molecular formula is C19H21N3O2S. The molecule has 0 aliphatic carbocycles. The second-order valence-corrected chi connectivity index (χ2v) is 6.98. The van der Waals surface area contributed by atoms with Crippen molar-refractivity contribution in [3.8, 4) is 10.6 Å². The third kappa shape index (κ3) is 3.64. The van der Waals surface area contributed by atoms with E-state index in [0.29, 0.717) is 24.5 Å². The first-order chi connectivity index (χ1) is 12.1. The number of benzene rings is 1. The second kappa shape index (κ2) is 7.61. The van der Waals surface area contributed by atoms with Crippen LogP contribution in [0.1, 0.15) is 23.0 Å². The van der Waals surface area contributed by atoms with Gasteiger partial charge in [-0.05, 0) is 12.5 Å². The van der Waals surface area contributed by atoms with Crippen molar-refractivity contribution in [3.63, 3.8) is 0 Å². The Morgan fingerprint density at radius 2 is 2.08 bits per heavy atom. The molecule has 0 saturated carbocycles. The van der Waals surface area contributed by atoms with Crippen LogP contribution in [0.4, 0.5) is 0 Å². The van der Waals surface area contributed by atoms with Gasteiger partial charge in [0.15, 0.2) is 0 Å². The zero-order valence-corrected chi connectivity index (χ0v) is 15.0. The summed E-state index contributed by atoms with van der Waals surface area (Å²) < 4.78 is 0. The van der Waals surface area contributed by atoms with Crippen LogP contribution in [0.25, 0.3) is 10.6 Å². The highest BCUT2D eigenvalue weighted by Crippen LogP contribution is 2.26. The minimum Gasteiger partial charge on any atom is -0.334 e. The molecule has 1 fully saturated rings. The highest BCUT2D eigenvalue weighted by atomic mass is 32.1. The Balaban J connectivity index is 1.73. The van der Waals surface area contributed by atoms with Crippen LogP contribution in [-0.2, 0) is 4.79 Å². The van der Waals surface area contributed by atoms with Gasteiger partial charge in [-0.25, -0.2) is 4.98 Å². The maximum atomic E-state index is 12.8. The lowest BCUT2D eigenvalue weighted by atomic mass is 10.1. The maximum absolute atomic E-state index is 12.8. The van der Waals surface area contributed by atoms with Gasteiger partial charge in [0.2, 0.25) is 5.91 Å². The number of piperazine rings is 1. The topological polar surface area (TPSA) is 53.5 Å². The lowest BCUT2D eigenvalue weighted by molar-refractivity contribution is -0.130. The van der Waals surface area contributed by atoms with Crippen molar-refractivity contribution in [2.45, 2.75) is 19.4 Å². The highest BCUT2D eigenvalue weighted by Gasteiger charge is 2.31. The van der Waals surface area contributed by atoms with Gasteiger partial charge in [-0.1, -0.05) is 43.8 Å². The maximum Gasteiger partial charge on any atom is 0.265 e. The van der Waals surface area contributed by atoms with Crippen LogP contribution in [0.2, 0.25) is 0 Å². The van der Waals surface area contributed by atoms with Gasteiger partial charge < -0.3 is 9.80 Å². The van der Waals surface area contributed by atoms with Crippen LogP contribution in [0.15, 0.2) is 49.2 Å². The molecule has 1 saturated heterocycles. The van der Waals surface area contributed by atoms with Gasteiger partial charge in [0.25, 0.3) is 5.91 Å². The van der Waals surface area contributed by atoms with E-state index < -0.39 is 0 Å². The number of rotatable bonds is 4. The average molecular weight is 355 g/mol. The molecule has 3 rings (SSSR count). The first kappa shape index (κ1) is 17.4. The highest BCUT2D eigenvalue weighted by molar-refractivity contribution is 7.16. The zero-order valence-electron chi connectivity index (χ0n) is 14.2. The summed E-state index contributed by atoms with van der Waals surface area (Å²) in [6.07, 6.45) is 3.80. The number of aromatic nitrogens is 1. The molecule has 2 aromatic rings. The first-order valence-corrected chi connectivity index (χ1v) is 9.19. The van der Waals surface area contributed by atoms with E-state index in [-0.39, 0.29) is 17.9 Å². The summed E-state index contributed by atoms with van der Waals surface area (Å²) in [6.45, 7) is 7.21. The number of hydrogen-bond acceptors (Lipinski definition) is 4. The zero-order chi connectivity index (χ0) is 17.8. The Morgan fingerprint density at radius 1 is 1.32 bits per heavy atom. The number of nitrogens with zero attached hydrogens (tertiary/aromatic N) is 3. The normalized spacial score (nSPS) is 17.4. The fraction of sp³-hybridized carbons (Fsp3) is 0.316. The van der Waals surface area contributed by atoms with Crippen molar-refractivity contribution in [1.29, 1.82) is 0 Å². The minimum absolute atomic E-state index is 0.0103. The Morgan fingerprint density at radius 3 is 2.76 bits per heavy atom. The average Bonchev–Trinajstić information content (AvgIpc) is 3.17. The summed E-state index contributed by atoms with van der Waals surface area (Å²) in [5.41, 5.74) is 1.01. The van der Waals surface area contributed by atoms with Crippen LogP contribution in [-0.4, -0.2) is 52.3 Å². The fourth-order valence-corrected chi connectivity index (χ4v) is 3.93. The second-order valence-electron chi connectivity index (χ2n) is 5.94. The summed E-state index contributed by atoms with van der Waals surface area (Å²) in [6, 6.07) is 9.88. The number of hydrogen-bond donors (Lipinski definition) is 0. The van der Waals surface area contributed by atoms with Crippen LogP contribution >= 0.6 is 11.3 Å². The number of amides is 2. The lowest BCUT2D eigenvalue weighted by Gasteiger charge is -2.40. The summed E-state index contributed by atoms with van der Waals surface area (Å²) in [5, 5.41) is 0.844. The van der Waals surface area contributed by atoms with Crippen LogP contribution in [0, 0.1) is 0 Å². The number of thiazole rings is 1. The van der Waals surface area contributed by atoms with E-state index >= 15 is 0 Å². The smallest absolute Gasteiger partial charge is 0.265 e. The van der Waals surface area contributed by atoms with Gasteiger partial charge in [-0.3, -0.25) is 9.59 Å². The van der Waals surface area contributed by atoms with Crippen LogP contribution < -0.4 is 0 Å². The molecule has 5 nitrogen and oxygen atoms in total. The standard InChI is InChI=1S/C19H21N3O2S/c1-3-15-13-21(10-11-22(15)17(23)4-2)19(24)16-12-20-18(25-16)14-8-6-5-7-9-14/h4-9,12,15H,2-3,10-11,13H2,1H3/t15-/m0/s1. The van der Waals surface area contributed by atoms with Gasteiger partial charge in [0.1, 0.15) is 9.88 Å². The van der Waals surface area contributed by atoms with E-state index in [2.05, 4.69) is 11.6 Å². The lowest BCUT2D eigenvalue weighted by Crippen LogP contribution is -2.55. The molecule has 1 atom stereocenters. The molecule has 25 heavy (non-hydrogen) atoms. The molecule has 1 aromatic heterocycles. The molecule has 0 radical (unpaired) electrons. The number of carbonyl (C=O) groups is 2. The van der Waals surface area contributed by atoms with E-state index in [1.807, 2.05) is 42.2 Å². The van der Waals surface area contributed by atoms with Crippen molar-refractivity contribution in [1.82, 2.24) is 14.8 Å². The quantitative estimate of drug-likeness (QED) is 0.792. The Hall–Kier alpha value is -2.47. The van der Waals surface area contributed by atoms with Crippen molar-refractivity contribution >= 4 is 23.2 Å². The van der Waals surface area contributed by atoms with Gasteiger partial charge in [0.05, 0.1) is 6.20 Å². The van der Waals surface area contributed by atoms with Crippen molar-refractivity contribution in [2.75, 3.05) is 19.6 Å². The molecule has 2 amide bonds. The fourth-order valence-electron chi connectivity index (χ4n) is 3.04. The van der Waals surface area contributed by atoms with E-state index in [1.165, 1.54) is 17.4 Å². The molecule has 1 aliphatic rings. The molecule has 2 heterocycles. The third-order valence-electron chi connectivity index (χ3n) is 4.44. The Bertz CT molecular complexity index is 772. The van der Waals surface area contributed by atoms with Crippen molar-refractivity contribution in [2.24, 2.45) is 0 Å². The van der Waals surface area contributed by atoms with Gasteiger partial charge >= 0.3 is 0 Å². The molecule has 1 aliphatic heterocycles. The third-order valence-corrected chi connectivity index (χ3v) is 5.47. The summed E-state index contributed by atoms with van der Waals surface area (Å²) in [4.78, 5) is 33.4. The van der Waals surface area contributed by atoms with Crippen molar-refractivity contribution < 1.29 is 9.59 Å². The van der Waals surface area contributed by atoms with E-state index in [1.54, 1.807) is 11.1 Å². The molecule has 130 valence electrons. The minimum atomic E-state index is -0.0666. The Labute approximate surface area is 151 Å². The molecule has 0 spiro atoms.